The van der Waals surface area contributed by atoms with Gasteiger partial charge in [-0.25, -0.2) is 9.97 Å². The molecule has 102 valence electrons. The summed E-state index contributed by atoms with van der Waals surface area (Å²) >= 11 is 3.45. The molecule has 0 radical (unpaired) electrons. The molecule has 1 N–H and O–H groups in total. The minimum absolute atomic E-state index is 0.690. The Morgan fingerprint density at radius 2 is 2.00 bits per heavy atom. The molecular weight excluding hydrogens is 318 g/mol. The van der Waals surface area contributed by atoms with E-state index in [1.165, 1.54) is 0 Å². The van der Waals surface area contributed by atoms with E-state index in [9.17, 15) is 0 Å². The Bertz CT molecular complexity index is 767. The highest BCUT2D eigenvalue weighted by Crippen LogP contribution is 2.19. The van der Waals surface area contributed by atoms with Crippen LogP contribution >= 0.6 is 15.9 Å². The highest BCUT2D eigenvalue weighted by atomic mass is 79.9. The van der Waals surface area contributed by atoms with Crippen LogP contribution in [-0.2, 0) is 6.54 Å². The van der Waals surface area contributed by atoms with Crippen molar-refractivity contribution in [3.8, 4) is 0 Å². The Balaban J connectivity index is 1.77. The third kappa shape index (κ3) is 2.67. The maximum absolute atomic E-state index is 5.53. The fourth-order valence-corrected chi connectivity index (χ4v) is 2.25. The van der Waals surface area contributed by atoms with Crippen LogP contribution in [0.15, 0.2) is 39.2 Å². The number of hydrogen-bond acceptors (Lipinski definition) is 4. The molecule has 20 heavy (non-hydrogen) atoms. The maximum atomic E-state index is 5.53. The summed E-state index contributed by atoms with van der Waals surface area (Å²) in [5, 5.41) is 3.31. The van der Waals surface area contributed by atoms with E-state index in [0.717, 1.165) is 32.6 Å². The van der Waals surface area contributed by atoms with Crippen molar-refractivity contribution >= 4 is 32.8 Å². The number of aromatic nitrogens is 2. The van der Waals surface area contributed by atoms with E-state index in [0.29, 0.717) is 12.4 Å². The fraction of sp³-hybridized carbons (Fsp3) is 0.200. The molecule has 0 saturated carbocycles. The van der Waals surface area contributed by atoms with Gasteiger partial charge in [0, 0.05) is 17.9 Å². The number of pyridine rings is 1. The maximum Gasteiger partial charge on any atom is 0.192 e. The predicted molar refractivity (Wildman–Crippen MR) is 82.7 cm³/mol. The molecule has 2 aromatic heterocycles. The summed E-state index contributed by atoms with van der Waals surface area (Å²) in [7, 11) is 0. The van der Waals surface area contributed by atoms with Crippen LogP contribution in [0, 0.1) is 13.8 Å². The van der Waals surface area contributed by atoms with Crippen LogP contribution < -0.4 is 5.32 Å². The zero-order valence-electron chi connectivity index (χ0n) is 11.3. The first-order valence-electron chi connectivity index (χ1n) is 6.35. The van der Waals surface area contributed by atoms with Crippen LogP contribution in [0.2, 0.25) is 0 Å². The molecule has 0 atom stereocenters. The second-order valence-electron chi connectivity index (χ2n) is 4.65. The van der Waals surface area contributed by atoms with Crippen LogP contribution in [0.4, 0.5) is 5.82 Å². The molecule has 3 aromatic rings. The zero-order chi connectivity index (χ0) is 14.1. The number of nitrogens with one attached hydrogen (secondary N) is 1. The van der Waals surface area contributed by atoms with Gasteiger partial charge in [-0.05, 0) is 52.7 Å². The SMILES string of the molecule is Cc1nc2ccc(CNc3ccc(Br)c(C)n3)cc2o1. The number of oxazole rings is 1. The Morgan fingerprint density at radius 1 is 1.15 bits per heavy atom. The van der Waals surface area contributed by atoms with Crippen LogP contribution in [-0.4, -0.2) is 9.97 Å². The second-order valence-corrected chi connectivity index (χ2v) is 5.51. The summed E-state index contributed by atoms with van der Waals surface area (Å²) in [4.78, 5) is 8.75. The van der Waals surface area contributed by atoms with Crippen molar-refractivity contribution in [1.82, 2.24) is 9.97 Å². The summed E-state index contributed by atoms with van der Waals surface area (Å²) in [6.07, 6.45) is 0. The third-order valence-corrected chi connectivity index (χ3v) is 3.89. The van der Waals surface area contributed by atoms with Crippen LogP contribution in [0.25, 0.3) is 11.1 Å². The molecule has 0 spiro atoms. The van der Waals surface area contributed by atoms with E-state index >= 15 is 0 Å². The topological polar surface area (TPSA) is 51.0 Å². The lowest BCUT2D eigenvalue weighted by atomic mass is 10.2. The van der Waals surface area contributed by atoms with Gasteiger partial charge in [-0.15, -0.1) is 0 Å². The average Bonchev–Trinajstić information content (AvgIpc) is 2.79. The first-order valence-corrected chi connectivity index (χ1v) is 7.14. The standard InChI is InChI=1S/C15H14BrN3O/c1-9-12(16)4-6-15(18-9)17-8-11-3-5-13-14(7-11)20-10(2)19-13/h3-7H,8H2,1-2H3,(H,17,18). The predicted octanol–water partition coefficient (Wildman–Crippen LogP) is 4.21. The van der Waals surface area contributed by atoms with E-state index in [1.54, 1.807) is 0 Å². The van der Waals surface area contributed by atoms with Crippen LogP contribution in [0.3, 0.4) is 0 Å². The summed E-state index contributed by atoms with van der Waals surface area (Å²) in [6.45, 7) is 4.52. The molecule has 1 aromatic carbocycles. The van der Waals surface area contributed by atoms with Crippen LogP contribution in [0.1, 0.15) is 17.1 Å². The van der Waals surface area contributed by atoms with Gasteiger partial charge in [-0.2, -0.15) is 0 Å². The van der Waals surface area contributed by atoms with E-state index in [2.05, 4.69) is 31.2 Å². The van der Waals surface area contributed by atoms with Gasteiger partial charge in [0.1, 0.15) is 11.3 Å². The van der Waals surface area contributed by atoms with E-state index < -0.39 is 0 Å². The summed E-state index contributed by atoms with van der Waals surface area (Å²) in [5.74, 6) is 1.55. The smallest absolute Gasteiger partial charge is 0.192 e. The lowest BCUT2D eigenvalue weighted by molar-refractivity contribution is 0.561. The van der Waals surface area contributed by atoms with Crippen molar-refractivity contribution < 1.29 is 4.42 Å². The number of aryl methyl sites for hydroxylation is 2. The van der Waals surface area contributed by atoms with Crippen LogP contribution in [0.5, 0.6) is 0 Å². The number of hydrogen-bond donors (Lipinski definition) is 1. The molecule has 0 fully saturated rings. The summed E-state index contributed by atoms with van der Waals surface area (Å²) in [5.41, 5.74) is 3.82. The van der Waals surface area contributed by atoms with Crippen molar-refractivity contribution in [2.45, 2.75) is 20.4 Å². The Hall–Kier alpha value is -1.88. The third-order valence-electron chi connectivity index (χ3n) is 3.05. The van der Waals surface area contributed by atoms with Crippen molar-refractivity contribution in [2.24, 2.45) is 0 Å². The monoisotopic (exact) mass is 331 g/mol. The number of fused-ring (bicyclic) bond motifs is 1. The molecule has 2 heterocycles. The van der Waals surface area contributed by atoms with Gasteiger partial charge in [0.05, 0.1) is 5.69 Å². The molecule has 0 aliphatic carbocycles. The number of rotatable bonds is 3. The highest BCUT2D eigenvalue weighted by Gasteiger charge is 2.04. The molecule has 4 nitrogen and oxygen atoms in total. The van der Waals surface area contributed by atoms with E-state index in [1.807, 2.05) is 44.2 Å². The van der Waals surface area contributed by atoms with Gasteiger partial charge < -0.3 is 9.73 Å². The van der Waals surface area contributed by atoms with Gasteiger partial charge in [0.15, 0.2) is 11.5 Å². The molecule has 0 aliphatic heterocycles. The first kappa shape index (κ1) is 13.1. The number of anilines is 1. The Labute approximate surface area is 125 Å². The lowest BCUT2D eigenvalue weighted by Gasteiger charge is -2.07. The quantitative estimate of drug-likeness (QED) is 0.780. The molecule has 0 unspecified atom stereocenters. The molecule has 0 saturated heterocycles. The molecular formula is C15H14BrN3O. The van der Waals surface area contributed by atoms with E-state index in [-0.39, 0.29) is 0 Å². The lowest BCUT2D eigenvalue weighted by Crippen LogP contribution is -2.02. The van der Waals surface area contributed by atoms with Crippen molar-refractivity contribution in [1.29, 1.82) is 0 Å². The van der Waals surface area contributed by atoms with Crippen molar-refractivity contribution in [2.75, 3.05) is 5.32 Å². The normalized spacial score (nSPS) is 10.9. The largest absolute Gasteiger partial charge is 0.441 e. The van der Waals surface area contributed by atoms with E-state index in [4.69, 9.17) is 4.42 Å². The van der Waals surface area contributed by atoms with Gasteiger partial charge in [0.2, 0.25) is 0 Å². The molecule has 0 bridgehead atoms. The van der Waals surface area contributed by atoms with Gasteiger partial charge in [-0.3, -0.25) is 0 Å². The molecule has 5 heteroatoms. The summed E-state index contributed by atoms with van der Waals surface area (Å²) in [6, 6.07) is 9.97. The number of benzene rings is 1. The zero-order valence-corrected chi connectivity index (χ0v) is 12.9. The number of nitrogens with zero attached hydrogens (tertiary/aromatic N) is 2. The second kappa shape index (κ2) is 5.25. The average molecular weight is 332 g/mol. The minimum atomic E-state index is 0.690. The first-order chi connectivity index (χ1) is 9.61. The van der Waals surface area contributed by atoms with Gasteiger partial charge in [-0.1, -0.05) is 6.07 Å². The van der Waals surface area contributed by atoms with Crippen molar-refractivity contribution in [3.63, 3.8) is 0 Å². The van der Waals surface area contributed by atoms with Gasteiger partial charge >= 0.3 is 0 Å². The Kier molecular flexibility index (Phi) is 3.44. The minimum Gasteiger partial charge on any atom is -0.441 e. The van der Waals surface area contributed by atoms with Gasteiger partial charge in [0.25, 0.3) is 0 Å². The van der Waals surface area contributed by atoms with Crippen molar-refractivity contribution in [3.05, 3.63) is 52.0 Å². The molecule has 0 amide bonds. The molecule has 0 aliphatic rings. The highest BCUT2D eigenvalue weighted by molar-refractivity contribution is 9.10. The fourth-order valence-electron chi connectivity index (χ4n) is 2.03. The molecule has 3 rings (SSSR count). The summed E-state index contributed by atoms with van der Waals surface area (Å²) < 4.78 is 6.55. The number of halogens is 1. The Morgan fingerprint density at radius 3 is 2.80 bits per heavy atom.